The Morgan fingerprint density at radius 2 is 1.80 bits per heavy atom. The zero-order valence-electron chi connectivity index (χ0n) is 12.0. The van der Waals surface area contributed by atoms with Gasteiger partial charge in [0.15, 0.2) is 17.3 Å². The van der Waals surface area contributed by atoms with Gasteiger partial charge < -0.3 is 9.47 Å². The van der Waals surface area contributed by atoms with Crippen LogP contribution in [0.1, 0.15) is 28.4 Å². The standard InChI is InChI=1S/C17H18O3/c1-12-9-17(16(19-3)10-15(12)13(2)18)20-11-14-7-5-4-6-8-14/h4-10H,11H2,1-3H3. The number of methoxy groups -OCH3 is 1. The number of aryl methyl sites for hydroxylation is 1. The monoisotopic (exact) mass is 270 g/mol. The van der Waals surface area contributed by atoms with Gasteiger partial charge in [0, 0.05) is 5.56 Å². The molecule has 0 spiro atoms. The number of carbonyl (C=O) groups excluding carboxylic acids is 1. The second kappa shape index (κ2) is 6.24. The number of Topliss-reactive ketones (excluding diaryl/α,β-unsaturated/α-hetero) is 1. The van der Waals surface area contributed by atoms with Crippen molar-refractivity contribution in [3.63, 3.8) is 0 Å². The fourth-order valence-electron chi connectivity index (χ4n) is 2.05. The van der Waals surface area contributed by atoms with Crippen LogP contribution < -0.4 is 9.47 Å². The average Bonchev–Trinajstić information content (AvgIpc) is 2.46. The third-order valence-electron chi connectivity index (χ3n) is 3.13. The van der Waals surface area contributed by atoms with E-state index in [1.165, 1.54) is 0 Å². The number of ether oxygens (including phenoxy) is 2. The second-order valence-corrected chi connectivity index (χ2v) is 4.65. The summed E-state index contributed by atoms with van der Waals surface area (Å²) < 4.78 is 11.1. The first-order chi connectivity index (χ1) is 9.61. The van der Waals surface area contributed by atoms with Crippen molar-refractivity contribution in [1.82, 2.24) is 0 Å². The zero-order chi connectivity index (χ0) is 14.5. The summed E-state index contributed by atoms with van der Waals surface area (Å²) in [6.07, 6.45) is 0. The Bertz CT molecular complexity index is 603. The van der Waals surface area contributed by atoms with E-state index in [1.807, 2.05) is 43.3 Å². The van der Waals surface area contributed by atoms with Gasteiger partial charge in [-0.15, -0.1) is 0 Å². The molecule has 0 atom stereocenters. The maximum atomic E-state index is 11.5. The average molecular weight is 270 g/mol. The van der Waals surface area contributed by atoms with Gasteiger partial charge in [-0.25, -0.2) is 0 Å². The van der Waals surface area contributed by atoms with Crippen LogP contribution in [0.5, 0.6) is 11.5 Å². The van der Waals surface area contributed by atoms with Crippen molar-refractivity contribution < 1.29 is 14.3 Å². The van der Waals surface area contributed by atoms with Crippen molar-refractivity contribution in [2.24, 2.45) is 0 Å². The molecule has 3 heteroatoms. The van der Waals surface area contributed by atoms with Crippen LogP contribution in [0.3, 0.4) is 0 Å². The van der Waals surface area contributed by atoms with Gasteiger partial charge in [0.1, 0.15) is 6.61 Å². The maximum absolute atomic E-state index is 11.5. The molecule has 0 saturated heterocycles. The van der Waals surface area contributed by atoms with Crippen LogP contribution in [0.25, 0.3) is 0 Å². The van der Waals surface area contributed by atoms with Crippen LogP contribution in [-0.4, -0.2) is 12.9 Å². The molecular formula is C17H18O3. The summed E-state index contributed by atoms with van der Waals surface area (Å²) >= 11 is 0. The molecule has 0 amide bonds. The summed E-state index contributed by atoms with van der Waals surface area (Å²) in [6, 6.07) is 13.5. The van der Waals surface area contributed by atoms with E-state index in [0.717, 1.165) is 11.1 Å². The Balaban J connectivity index is 2.23. The lowest BCUT2D eigenvalue weighted by molar-refractivity contribution is 0.101. The van der Waals surface area contributed by atoms with Crippen molar-refractivity contribution >= 4 is 5.78 Å². The molecule has 104 valence electrons. The molecule has 0 unspecified atom stereocenters. The van der Waals surface area contributed by atoms with Gasteiger partial charge in [-0.2, -0.15) is 0 Å². The van der Waals surface area contributed by atoms with Crippen LogP contribution in [0.15, 0.2) is 42.5 Å². The fourth-order valence-corrected chi connectivity index (χ4v) is 2.05. The van der Waals surface area contributed by atoms with Gasteiger partial charge in [0.25, 0.3) is 0 Å². The minimum absolute atomic E-state index is 0.0235. The Morgan fingerprint density at radius 1 is 1.10 bits per heavy atom. The quantitative estimate of drug-likeness (QED) is 0.775. The Hall–Kier alpha value is -2.29. The molecule has 0 radical (unpaired) electrons. The first-order valence-corrected chi connectivity index (χ1v) is 6.48. The zero-order valence-corrected chi connectivity index (χ0v) is 12.0. The van der Waals surface area contributed by atoms with E-state index in [4.69, 9.17) is 9.47 Å². The lowest BCUT2D eigenvalue weighted by Crippen LogP contribution is -2.02. The van der Waals surface area contributed by atoms with Gasteiger partial charge in [-0.3, -0.25) is 4.79 Å². The molecule has 0 fully saturated rings. The summed E-state index contributed by atoms with van der Waals surface area (Å²) in [5.74, 6) is 1.26. The largest absolute Gasteiger partial charge is 0.493 e. The molecule has 0 aliphatic rings. The molecule has 20 heavy (non-hydrogen) atoms. The number of hydrogen-bond donors (Lipinski definition) is 0. The Morgan fingerprint density at radius 3 is 2.40 bits per heavy atom. The van der Waals surface area contributed by atoms with E-state index in [1.54, 1.807) is 20.1 Å². The molecule has 0 heterocycles. The van der Waals surface area contributed by atoms with E-state index in [-0.39, 0.29) is 5.78 Å². The van der Waals surface area contributed by atoms with Gasteiger partial charge in [-0.05, 0) is 37.1 Å². The van der Waals surface area contributed by atoms with Crippen LogP contribution >= 0.6 is 0 Å². The molecule has 0 N–H and O–H groups in total. The van der Waals surface area contributed by atoms with Crippen molar-refractivity contribution in [3.8, 4) is 11.5 Å². The van der Waals surface area contributed by atoms with Gasteiger partial charge in [-0.1, -0.05) is 30.3 Å². The lowest BCUT2D eigenvalue weighted by Gasteiger charge is -2.13. The highest BCUT2D eigenvalue weighted by molar-refractivity contribution is 5.96. The van der Waals surface area contributed by atoms with Crippen LogP contribution in [0.2, 0.25) is 0 Å². The van der Waals surface area contributed by atoms with E-state index < -0.39 is 0 Å². The lowest BCUT2D eigenvalue weighted by atomic mass is 10.0. The summed E-state index contributed by atoms with van der Waals surface area (Å²) in [7, 11) is 1.57. The highest BCUT2D eigenvalue weighted by Gasteiger charge is 2.12. The van der Waals surface area contributed by atoms with Gasteiger partial charge in [0.2, 0.25) is 0 Å². The second-order valence-electron chi connectivity index (χ2n) is 4.65. The predicted octanol–water partition coefficient (Wildman–Crippen LogP) is 3.79. The highest BCUT2D eigenvalue weighted by atomic mass is 16.5. The van der Waals surface area contributed by atoms with E-state index in [2.05, 4.69) is 0 Å². The smallest absolute Gasteiger partial charge is 0.161 e. The number of carbonyl (C=O) groups is 1. The summed E-state index contributed by atoms with van der Waals surface area (Å²) in [4.78, 5) is 11.5. The first kappa shape index (κ1) is 14.1. The number of benzene rings is 2. The number of ketones is 1. The third-order valence-corrected chi connectivity index (χ3v) is 3.13. The van der Waals surface area contributed by atoms with Crippen molar-refractivity contribution in [2.75, 3.05) is 7.11 Å². The molecule has 2 aromatic rings. The van der Waals surface area contributed by atoms with Crippen LogP contribution in [0.4, 0.5) is 0 Å². The molecule has 3 nitrogen and oxygen atoms in total. The highest BCUT2D eigenvalue weighted by Crippen LogP contribution is 2.31. The topological polar surface area (TPSA) is 35.5 Å². The fraction of sp³-hybridized carbons (Fsp3) is 0.235. The minimum Gasteiger partial charge on any atom is -0.493 e. The van der Waals surface area contributed by atoms with Gasteiger partial charge in [0.05, 0.1) is 7.11 Å². The molecule has 0 saturated carbocycles. The predicted molar refractivity (Wildman–Crippen MR) is 78.5 cm³/mol. The summed E-state index contributed by atoms with van der Waals surface area (Å²) in [5.41, 5.74) is 2.64. The Labute approximate surface area is 119 Å². The van der Waals surface area contributed by atoms with E-state index >= 15 is 0 Å². The minimum atomic E-state index is 0.0235. The van der Waals surface area contributed by atoms with Crippen molar-refractivity contribution in [2.45, 2.75) is 20.5 Å². The number of rotatable bonds is 5. The van der Waals surface area contributed by atoms with E-state index in [0.29, 0.717) is 23.7 Å². The summed E-state index contributed by atoms with van der Waals surface area (Å²) in [6.45, 7) is 3.91. The number of hydrogen-bond acceptors (Lipinski definition) is 3. The van der Waals surface area contributed by atoms with Crippen LogP contribution in [-0.2, 0) is 6.61 Å². The molecule has 2 rings (SSSR count). The van der Waals surface area contributed by atoms with Gasteiger partial charge >= 0.3 is 0 Å². The molecule has 0 aromatic heterocycles. The molecule has 0 aliphatic carbocycles. The maximum Gasteiger partial charge on any atom is 0.161 e. The molecule has 0 aliphatic heterocycles. The Kier molecular flexibility index (Phi) is 4.41. The van der Waals surface area contributed by atoms with Crippen LogP contribution in [0, 0.1) is 6.92 Å². The third kappa shape index (κ3) is 3.18. The molecule has 2 aromatic carbocycles. The summed E-state index contributed by atoms with van der Waals surface area (Å²) in [5, 5.41) is 0. The molecular weight excluding hydrogens is 252 g/mol. The SMILES string of the molecule is COc1cc(C(C)=O)c(C)cc1OCc1ccccc1. The molecule has 0 bridgehead atoms. The van der Waals surface area contributed by atoms with Crippen molar-refractivity contribution in [3.05, 3.63) is 59.2 Å². The first-order valence-electron chi connectivity index (χ1n) is 6.48. The normalized spacial score (nSPS) is 10.2. The van der Waals surface area contributed by atoms with E-state index in [9.17, 15) is 4.79 Å². The van der Waals surface area contributed by atoms with Crippen molar-refractivity contribution in [1.29, 1.82) is 0 Å².